The molecule has 0 unspecified atom stereocenters. The van der Waals surface area contributed by atoms with E-state index in [-0.39, 0.29) is 23.8 Å². The Labute approximate surface area is 223 Å². The highest BCUT2D eigenvalue weighted by Crippen LogP contribution is 2.34. The second-order valence-electron chi connectivity index (χ2n) is 9.42. The summed E-state index contributed by atoms with van der Waals surface area (Å²) in [5.74, 6) is -0.366. The average molecular weight is 531 g/mol. The van der Waals surface area contributed by atoms with Crippen LogP contribution < -0.4 is 5.32 Å². The summed E-state index contributed by atoms with van der Waals surface area (Å²) >= 11 is 1.22. The number of aromatic nitrogens is 5. The Balaban J connectivity index is 1.41. The van der Waals surface area contributed by atoms with Crippen LogP contribution in [0.3, 0.4) is 0 Å². The Kier molecular flexibility index (Phi) is 7.02. The van der Waals surface area contributed by atoms with Crippen LogP contribution in [0.1, 0.15) is 42.1 Å². The predicted molar refractivity (Wildman–Crippen MR) is 141 cm³/mol. The van der Waals surface area contributed by atoms with Crippen molar-refractivity contribution in [3.05, 3.63) is 47.2 Å². The number of likely N-dealkylation sites (tertiary alicyclic amines) is 1. The highest BCUT2D eigenvalue weighted by molar-refractivity contribution is 7.16. The van der Waals surface area contributed by atoms with Crippen molar-refractivity contribution in [3.8, 4) is 28.0 Å². The van der Waals surface area contributed by atoms with Crippen LogP contribution in [-0.4, -0.2) is 67.8 Å². The third-order valence-electron chi connectivity index (χ3n) is 6.33. The van der Waals surface area contributed by atoms with Gasteiger partial charge >= 0.3 is 5.97 Å². The van der Waals surface area contributed by atoms with Gasteiger partial charge in [0.15, 0.2) is 5.01 Å². The summed E-state index contributed by atoms with van der Waals surface area (Å²) in [4.78, 5) is 31.1. The number of fused-ring (bicyclic) bond motifs is 1. The fourth-order valence-electron chi connectivity index (χ4n) is 4.51. The minimum Gasteiger partial charge on any atom is -0.469 e. The third-order valence-corrected chi connectivity index (χ3v) is 7.28. The molecule has 5 rings (SSSR count). The summed E-state index contributed by atoms with van der Waals surface area (Å²) in [5, 5.41) is 26.4. The minimum atomic E-state index is -0.264. The first-order valence-electron chi connectivity index (χ1n) is 12.2. The molecule has 1 saturated heterocycles. The van der Waals surface area contributed by atoms with Crippen molar-refractivity contribution in [2.45, 2.75) is 32.7 Å². The van der Waals surface area contributed by atoms with Gasteiger partial charge in [0.25, 0.3) is 5.91 Å². The molecule has 4 aromatic heterocycles. The number of hydrogen-bond acceptors (Lipinski definition) is 10. The Morgan fingerprint density at radius 1 is 1.26 bits per heavy atom. The van der Waals surface area contributed by atoms with Crippen LogP contribution in [0.25, 0.3) is 27.5 Å². The number of esters is 1. The molecule has 194 valence electrons. The van der Waals surface area contributed by atoms with Crippen LogP contribution in [0.2, 0.25) is 0 Å². The van der Waals surface area contributed by atoms with Gasteiger partial charge in [0.05, 0.1) is 47.8 Å². The zero-order valence-corrected chi connectivity index (χ0v) is 22.0. The molecule has 38 heavy (non-hydrogen) atoms. The Hall–Kier alpha value is -4.37. The number of ether oxygens (including phenoxy) is 1. The molecule has 0 aliphatic carbocycles. The van der Waals surface area contributed by atoms with Gasteiger partial charge in [0, 0.05) is 31.0 Å². The largest absolute Gasteiger partial charge is 0.469 e. The quantitative estimate of drug-likeness (QED) is 0.355. The van der Waals surface area contributed by atoms with E-state index in [1.807, 2.05) is 32.0 Å². The maximum absolute atomic E-state index is 13.1. The fraction of sp³-hybridized carbons (Fsp3) is 0.346. The fourth-order valence-corrected chi connectivity index (χ4v) is 5.34. The molecular weight excluding hydrogens is 504 g/mol. The summed E-state index contributed by atoms with van der Waals surface area (Å²) in [5.41, 5.74) is 4.32. The van der Waals surface area contributed by atoms with Gasteiger partial charge in [-0.3, -0.25) is 14.6 Å². The predicted octanol–water partition coefficient (Wildman–Crippen LogP) is 3.63. The van der Waals surface area contributed by atoms with E-state index in [0.717, 1.165) is 28.9 Å². The number of anilines is 1. The normalized spacial score (nSPS) is 15.1. The number of amides is 1. The maximum Gasteiger partial charge on any atom is 0.305 e. The van der Waals surface area contributed by atoms with Crippen LogP contribution >= 0.6 is 11.3 Å². The van der Waals surface area contributed by atoms with Gasteiger partial charge in [0.2, 0.25) is 5.01 Å². The standard InChI is InChI=1S/C26H26N8O3S/c1-15(2)30-20-10-21(22-5-4-18-8-17(11-27)12-29-34(18)22)28-13-19(20)24-31-32-25(38-24)26(36)33-7-6-16(14-33)9-23(35)37-3/h4-5,8,10,12-13,15-16H,6-7,9,14H2,1-3H3,(H,28,30)/t16-/m0/s1. The Bertz CT molecular complexity index is 1550. The lowest BCUT2D eigenvalue weighted by Crippen LogP contribution is -2.29. The van der Waals surface area contributed by atoms with Crippen molar-refractivity contribution in [3.63, 3.8) is 0 Å². The molecule has 0 spiro atoms. The van der Waals surface area contributed by atoms with E-state index in [1.54, 1.807) is 21.7 Å². The third kappa shape index (κ3) is 5.05. The number of nitrogens with one attached hydrogen (secondary N) is 1. The summed E-state index contributed by atoms with van der Waals surface area (Å²) in [6.07, 6.45) is 4.30. The van der Waals surface area contributed by atoms with Crippen molar-refractivity contribution < 1.29 is 14.3 Å². The molecule has 1 atom stereocenters. The van der Waals surface area contributed by atoms with E-state index in [9.17, 15) is 9.59 Å². The van der Waals surface area contributed by atoms with Gasteiger partial charge in [-0.1, -0.05) is 11.3 Å². The number of carbonyl (C=O) groups is 2. The van der Waals surface area contributed by atoms with Crippen molar-refractivity contribution >= 4 is 34.4 Å². The monoisotopic (exact) mass is 530 g/mol. The van der Waals surface area contributed by atoms with Crippen LogP contribution in [0.4, 0.5) is 5.69 Å². The first-order valence-corrected chi connectivity index (χ1v) is 13.0. The lowest BCUT2D eigenvalue weighted by molar-refractivity contribution is -0.141. The maximum atomic E-state index is 13.1. The number of methoxy groups -OCH3 is 1. The average Bonchev–Trinajstić information content (AvgIpc) is 3.67. The first-order chi connectivity index (χ1) is 18.4. The summed E-state index contributed by atoms with van der Waals surface area (Å²) in [6, 6.07) is 9.75. The van der Waals surface area contributed by atoms with E-state index >= 15 is 0 Å². The molecule has 5 heterocycles. The molecule has 4 aromatic rings. The highest BCUT2D eigenvalue weighted by Gasteiger charge is 2.30. The molecule has 1 aliphatic heterocycles. The molecule has 0 saturated carbocycles. The number of nitriles is 1. The van der Waals surface area contributed by atoms with Crippen molar-refractivity contribution in [1.29, 1.82) is 5.26 Å². The van der Waals surface area contributed by atoms with E-state index in [4.69, 9.17) is 10.00 Å². The molecule has 1 aliphatic rings. The van der Waals surface area contributed by atoms with Gasteiger partial charge in [-0.2, -0.15) is 10.4 Å². The van der Waals surface area contributed by atoms with Gasteiger partial charge in [-0.15, -0.1) is 10.2 Å². The van der Waals surface area contributed by atoms with E-state index in [1.165, 1.54) is 24.6 Å². The smallest absolute Gasteiger partial charge is 0.305 e. The molecular formula is C26H26N8O3S. The zero-order chi connectivity index (χ0) is 26.8. The van der Waals surface area contributed by atoms with Crippen LogP contribution in [-0.2, 0) is 9.53 Å². The number of rotatable bonds is 7. The highest BCUT2D eigenvalue weighted by atomic mass is 32.1. The first kappa shape index (κ1) is 25.3. The Morgan fingerprint density at radius 2 is 2.11 bits per heavy atom. The molecule has 11 nitrogen and oxygen atoms in total. The number of carbonyl (C=O) groups excluding carboxylic acids is 2. The summed E-state index contributed by atoms with van der Waals surface area (Å²) in [7, 11) is 1.37. The van der Waals surface area contributed by atoms with Crippen molar-refractivity contribution in [2.24, 2.45) is 5.92 Å². The van der Waals surface area contributed by atoms with Crippen molar-refractivity contribution in [1.82, 2.24) is 29.7 Å². The van der Waals surface area contributed by atoms with E-state index in [2.05, 4.69) is 31.7 Å². The second kappa shape index (κ2) is 10.5. The number of nitrogens with zero attached hydrogens (tertiary/aromatic N) is 7. The second-order valence-corrected chi connectivity index (χ2v) is 10.4. The van der Waals surface area contributed by atoms with Gasteiger partial charge in [0.1, 0.15) is 6.07 Å². The summed E-state index contributed by atoms with van der Waals surface area (Å²) < 4.78 is 6.50. The van der Waals surface area contributed by atoms with Crippen LogP contribution in [0.15, 0.2) is 36.7 Å². The minimum absolute atomic E-state index is 0.0866. The molecule has 1 amide bonds. The number of pyridine rings is 1. The van der Waals surface area contributed by atoms with Crippen molar-refractivity contribution in [2.75, 3.05) is 25.5 Å². The molecule has 1 fully saturated rings. The topological polar surface area (TPSA) is 138 Å². The van der Waals surface area contributed by atoms with Gasteiger partial charge < -0.3 is 15.0 Å². The lowest BCUT2D eigenvalue weighted by atomic mass is 10.1. The zero-order valence-electron chi connectivity index (χ0n) is 21.2. The molecule has 0 bridgehead atoms. The molecule has 12 heteroatoms. The van der Waals surface area contributed by atoms with E-state index in [0.29, 0.717) is 40.8 Å². The molecule has 0 radical (unpaired) electrons. The Morgan fingerprint density at radius 3 is 2.87 bits per heavy atom. The van der Waals surface area contributed by atoms with Gasteiger partial charge in [-0.05, 0) is 50.5 Å². The lowest BCUT2D eigenvalue weighted by Gasteiger charge is -2.15. The number of hydrogen-bond donors (Lipinski definition) is 1. The van der Waals surface area contributed by atoms with Crippen LogP contribution in [0, 0.1) is 17.2 Å². The van der Waals surface area contributed by atoms with E-state index < -0.39 is 0 Å². The summed E-state index contributed by atoms with van der Waals surface area (Å²) in [6.45, 7) is 5.14. The van der Waals surface area contributed by atoms with Gasteiger partial charge in [-0.25, -0.2) is 4.52 Å². The molecule has 1 N–H and O–H groups in total. The SMILES string of the molecule is COC(=O)C[C@@H]1CCN(C(=O)c2nnc(-c3cnc(-c4ccc5cc(C#N)cnn45)cc3NC(C)C)s2)C1. The van der Waals surface area contributed by atoms with Crippen LogP contribution in [0.5, 0.6) is 0 Å². The molecule has 0 aromatic carbocycles.